The maximum absolute atomic E-state index is 11.8. The summed E-state index contributed by atoms with van der Waals surface area (Å²) < 4.78 is 0.884. The third kappa shape index (κ3) is 2.48. The van der Waals surface area contributed by atoms with Gasteiger partial charge in [0.15, 0.2) is 6.21 Å². The number of rotatable bonds is 2. The number of hydrogen-bond donors (Lipinski definition) is 0. The molecule has 0 aliphatic rings. The van der Waals surface area contributed by atoms with E-state index < -0.39 is 0 Å². The predicted molar refractivity (Wildman–Crippen MR) is 66.1 cm³/mol. The van der Waals surface area contributed by atoms with E-state index in [2.05, 4.69) is 0 Å². The average Bonchev–Trinajstić information content (AvgIpc) is 2.31. The molecule has 0 saturated carbocycles. The van der Waals surface area contributed by atoms with Crippen LogP contribution in [-0.2, 0) is 0 Å². The second-order valence-electron chi connectivity index (χ2n) is 3.70. The summed E-state index contributed by atoms with van der Waals surface area (Å²) in [5, 5.41) is 11.8. The van der Waals surface area contributed by atoms with Gasteiger partial charge < -0.3 is 5.21 Å². The van der Waals surface area contributed by atoms with Crippen LogP contribution in [-0.4, -0.2) is 11.0 Å². The fourth-order valence-corrected chi connectivity index (χ4v) is 1.44. The Balaban J connectivity index is 2.28. The first-order chi connectivity index (χ1) is 7.75. The Morgan fingerprint density at radius 3 is 2.19 bits per heavy atom. The molecule has 0 atom stereocenters. The molecule has 0 radical (unpaired) electrons. The SMILES string of the molecule is Cc1ccc(/[N+]([O-])=C\c2ccccc2)cc1. The lowest BCUT2D eigenvalue weighted by Gasteiger charge is -2.02. The van der Waals surface area contributed by atoms with Crippen molar-refractivity contribution in [2.24, 2.45) is 0 Å². The molecule has 0 saturated heterocycles. The predicted octanol–water partition coefficient (Wildman–Crippen LogP) is 3.26. The first-order valence-electron chi connectivity index (χ1n) is 5.19. The summed E-state index contributed by atoms with van der Waals surface area (Å²) in [6, 6.07) is 17.1. The van der Waals surface area contributed by atoms with Crippen LogP contribution in [0.15, 0.2) is 54.6 Å². The first-order valence-corrected chi connectivity index (χ1v) is 5.19. The van der Waals surface area contributed by atoms with Crippen molar-refractivity contribution >= 4 is 11.9 Å². The Morgan fingerprint density at radius 1 is 0.938 bits per heavy atom. The van der Waals surface area contributed by atoms with Gasteiger partial charge in [0.05, 0.1) is 0 Å². The molecule has 0 N–H and O–H groups in total. The van der Waals surface area contributed by atoms with Gasteiger partial charge in [-0.15, -0.1) is 0 Å². The fraction of sp³-hybridized carbons (Fsp3) is 0.0714. The first kappa shape index (κ1) is 10.4. The molecule has 0 aromatic heterocycles. The second kappa shape index (κ2) is 4.62. The normalized spacial score (nSPS) is 11.4. The van der Waals surface area contributed by atoms with Crippen LogP contribution in [0, 0.1) is 12.1 Å². The third-order valence-electron chi connectivity index (χ3n) is 2.35. The van der Waals surface area contributed by atoms with Crippen LogP contribution in [0.25, 0.3) is 0 Å². The lowest BCUT2D eigenvalue weighted by atomic mass is 10.2. The molecule has 0 bridgehead atoms. The van der Waals surface area contributed by atoms with Crippen LogP contribution in [0.2, 0.25) is 0 Å². The van der Waals surface area contributed by atoms with E-state index in [0.29, 0.717) is 5.69 Å². The van der Waals surface area contributed by atoms with Crippen molar-refractivity contribution in [2.75, 3.05) is 0 Å². The van der Waals surface area contributed by atoms with Gasteiger partial charge in [-0.05, 0) is 19.1 Å². The van der Waals surface area contributed by atoms with E-state index in [1.807, 2.05) is 61.5 Å². The van der Waals surface area contributed by atoms with Gasteiger partial charge in [0.2, 0.25) is 5.69 Å². The molecular weight excluding hydrogens is 198 g/mol. The highest BCUT2D eigenvalue weighted by molar-refractivity contribution is 5.76. The van der Waals surface area contributed by atoms with E-state index in [0.717, 1.165) is 15.9 Å². The van der Waals surface area contributed by atoms with Gasteiger partial charge in [0, 0.05) is 17.7 Å². The van der Waals surface area contributed by atoms with Crippen LogP contribution in [0.3, 0.4) is 0 Å². The van der Waals surface area contributed by atoms with Crippen molar-refractivity contribution in [3.63, 3.8) is 0 Å². The van der Waals surface area contributed by atoms with Gasteiger partial charge in [-0.25, -0.2) is 0 Å². The van der Waals surface area contributed by atoms with Crippen molar-refractivity contribution in [1.29, 1.82) is 0 Å². The molecular formula is C14H13NO. The molecule has 0 unspecified atom stereocenters. The van der Waals surface area contributed by atoms with Crippen LogP contribution in [0.4, 0.5) is 5.69 Å². The average molecular weight is 211 g/mol. The number of benzene rings is 2. The summed E-state index contributed by atoms with van der Waals surface area (Å²) >= 11 is 0. The lowest BCUT2D eigenvalue weighted by Crippen LogP contribution is -1.98. The molecule has 0 heterocycles. The molecule has 2 heteroatoms. The highest BCUT2D eigenvalue weighted by Gasteiger charge is 2.00. The van der Waals surface area contributed by atoms with Crippen LogP contribution >= 0.6 is 0 Å². The van der Waals surface area contributed by atoms with E-state index in [1.54, 1.807) is 6.21 Å². The fourth-order valence-electron chi connectivity index (χ4n) is 1.44. The van der Waals surface area contributed by atoms with Crippen molar-refractivity contribution in [3.8, 4) is 0 Å². The maximum Gasteiger partial charge on any atom is 0.216 e. The molecule has 0 fully saturated rings. The number of aryl methyl sites for hydroxylation is 1. The van der Waals surface area contributed by atoms with Crippen molar-refractivity contribution in [2.45, 2.75) is 6.92 Å². The largest absolute Gasteiger partial charge is 0.618 e. The molecule has 80 valence electrons. The molecule has 2 nitrogen and oxygen atoms in total. The van der Waals surface area contributed by atoms with E-state index in [9.17, 15) is 5.21 Å². The molecule has 0 aliphatic carbocycles. The van der Waals surface area contributed by atoms with Gasteiger partial charge in [0.1, 0.15) is 0 Å². The minimum Gasteiger partial charge on any atom is -0.618 e. The van der Waals surface area contributed by atoms with E-state index in [4.69, 9.17) is 0 Å². The Morgan fingerprint density at radius 2 is 1.56 bits per heavy atom. The van der Waals surface area contributed by atoms with E-state index >= 15 is 0 Å². The van der Waals surface area contributed by atoms with Gasteiger partial charge in [-0.1, -0.05) is 35.9 Å². The van der Waals surface area contributed by atoms with Gasteiger partial charge in [-0.2, -0.15) is 4.74 Å². The molecule has 0 spiro atoms. The highest BCUT2D eigenvalue weighted by atomic mass is 16.5. The second-order valence-corrected chi connectivity index (χ2v) is 3.70. The Bertz CT molecular complexity index is 486. The zero-order valence-corrected chi connectivity index (χ0v) is 9.13. The molecule has 2 aromatic rings. The molecule has 0 aliphatic heterocycles. The minimum absolute atomic E-state index is 0.648. The minimum atomic E-state index is 0.648. The number of nitrogens with zero attached hydrogens (tertiary/aromatic N) is 1. The third-order valence-corrected chi connectivity index (χ3v) is 2.35. The Labute approximate surface area is 95.1 Å². The van der Waals surface area contributed by atoms with Crippen LogP contribution < -0.4 is 0 Å². The lowest BCUT2D eigenvalue weighted by molar-refractivity contribution is -0.354. The summed E-state index contributed by atoms with van der Waals surface area (Å²) in [6.45, 7) is 2.00. The van der Waals surface area contributed by atoms with Crippen molar-refractivity contribution < 1.29 is 4.74 Å². The smallest absolute Gasteiger partial charge is 0.216 e. The van der Waals surface area contributed by atoms with E-state index in [1.165, 1.54) is 0 Å². The molecule has 16 heavy (non-hydrogen) atoms. The monoisotopic (exact) mass is 211 g/mol. The van der Waals surface area contributed by atoms with Gasteiger partial charge in [-0.3, -0.25) is 0 Å². The zero-order valence-electron chi connectivity index (χ0n) is 9.13. The summed E-state index contributed by atoms with van der Waals surface area (Å²) in [6.07, 6.45) is 1.57. The standard InChI is InChI=1S/C14H13NO/c1-12-7-9-14(10-8-12)15(16)11-13-5-3-2-4-6-13/h2-11H,1H3/b15-11+. The zero-order chi connectivity index (χ0) is 11.4. The van der Waals surface area contributed by atoms with E-state index in [-0.39, 0.29) is 0 Å². The van der Waals surface area contributed by atoms with Crippen molar-refractivity contribution in [1.82, 2.24) is 0 Å². The molecule has 2 rings (SSSR count). The summed E-state index contributed by atoms with van der Waals surface area (Å²) in [5.74, 6) is 0. The molecule has 0 amide bonds. The number of hydrogen-bond acceptors (Lipinski definition) is 1. The van der Waals surface area contributed by atoms with Crippen LogP contribution in [0.1, 0.15) is 11.1 Å². The van der Waals surface area contributed by atoms with Crippen LogP contribution in [0.5, 0.6) is 0 Å². The highest BCUT2D eigenvalue weighted by Crippen LogP contribution is 2.11. The summed E-state index contributed by atoms with van der Waals surface area (Å²) in [7, 11) is 0. The topological polar surface area (TPSA) is 26.1 Å². The van der Waals surface area contributed by atoms with Crippen molar-refractivity contribution in [3.05, 3.63) is 70.9 Å². The summed E-state index contributed by atoms with van der Waals surface area (Å²) in [5.41, 5.74) is 2.70. The molecule has 2 aromatic carbocycles. The Hall–Kier alpha value is -2.09. The van der Waals surface area contributed by atoms with Gasteiger partial charge >= 0.3 is 0 Å². The summed E-state index contributed by atoms with van der Waals surface area (Å²) in [4.78, 5) is 0. The van der Waals surface area contributed by atoms with Gasteiger partial charge in [0.25, 0.3) is 0 Å². The maximum atomic E-state index is 11.8. The quantitative estimate of drug-likeness (QED) is 0.324. The Kier molecular flexibility index (Phi) is 3.01.